The van der Waals surface area contributed by atoms with Crippen molar-refractivity contribution in [1.29, 1.82) is 0 Å². The minimum absolute atomic E-state index is 0.0542. The predicted molar refractivity (Wildman–Crippen MR) is 116 cm³/mol. The molecule has 1 aliphatic heterocycles. The number of likely N-dealkylation sites (tertiary alicyclic amines) is 1. The Balaban J connectivity index is 1.36. The molecule has 0 unspecified atom stereocenters. The van der Waals surface area contributed by atoms with Gasteiger partial charge in [0.15, 0.2) is 0 Å². The number of benzene rings is 2. The normalized spacial score (nSPS) is 14.4. The Bertz CT molecular complexity index is 1000. The fourth-order valence-electron chi connectivity index (χ4n) is 3.61. The number of hydrogen-bond donors (Lipinski definition) is 1. The summed E-state index contributed by atoms with van der Waals surface area (Å²) in [7, 11) is 3.16. The third-order valence-corrected chi connectivity index (χ3v) is 5.22. The number of piperidine rings is 1. The van der Waals surface area contributed by atoms with Crippen LogP contribution in [0.4, 0.5) is 10.5 Å². The van der Waals surface area contributed by atoms with E-state index in [0.29, 0.717) is 30.3 Å². The summed E-state index contributed by atoms with van der Waals surface area (Å²) in [5.41, 5.74) is 1.50. The molecule has 0 radical (unpaired) electrons. The lowest BCUT2D eigenvalue weighted by Gasteiger charge is -2.32. The largest absolute Gasteiger partial charge is 0.497 e. The van der Waals surface area contributed by atoms with Crippen molar-refractivity contribution in [3.63, 3.8) is 0 Å². The number of amides is 2. The van der Waals surface area contributed by atoms with E-state index >= 15 is 0 Å². The Morgan fingerprint density at radius 2 is 1.73 bits per heavy atom. The molecule has 2 amide bonds. The molecule has 0 saturated carbocycles. The first-order valence-electron chi connectivity index (χ1n) is 9.95. The van der Waals surface area contributed by atoms with Gasteiger partial charge in [0.25, 0.3) is 0 Å². The third-order valence-electron chi connectivity index (χ3n) is 5.22. The molecule has 7 nitrogen and oxygen atoms in total. The number of anilines is 1. The van der Waals surface area contributed by atoms with Crippen LogP contribution < -0.4 is 19.5 Å². The molecule has 0 spiro atoms. The molecule has 2 heterocycles. The van der Waals surface area contributed by atoms with E-state index < -0.39 is 0 Å². The van der Waals surface area contributed by atoms with Crippen LogP contribution in [-0.2, 0) is 0 Å². The van der Waals surface area contributed by atoms with E-state index in [2.05, 4.69) is 10.3 Å². The van der Waals surface area contributed by atoms with Gasteiger partial charge in [-0.25, -0.2) is 4.79 Å². The maximum absolute atomic E-state index is 12.7. The van der Waals surface area contributed by atoms with Crippen molar-refractivity contribution in [1.82, 2.24) is 9.88 Å². The second-order valence-electron chi connectivity index (χ2n) is 7.17. The highest BCUT2D eigenvalue weighted by Crippen LogP contribution is 2.28. The molecule has 30 heavy (non-hydrogen) atoms. The highest BCUT2D eigenvalue weighted by Gasteiger charge is 2.24. The predicted octanol–water partition coefficient (Wildman–Crippen LogP) is 4.33. The number of carbonyl (C=O) groups excluding carboxylic acids is 1. The van der Waals surface area contributed by atoms with Gasteiger partial charge in [0.05, 0.1) is 14.2 Å². The number of aromatic nitrogens is 1. The zero-order valence-electron chi connectivity index (χ0n) is 17.1. The van der Waals surface area contributed by atoms with Crippen molar-refractivity contribution in [2.75, 3.05) is 32.6 Å². The zero-order valence-corrected chi connectivity index (χ0v) is 17.1. The first-order chi connectivity index (χ1) is 14.7. The summed E-state index contributed by atoms with van der Waals surface area (Å²) in [5.74, 6) is 2.04. The average molecular weight is 407 g/mol. The van der Waals surface area contributed by atoms with Crippen molar-refractivity contribution < 1.29 is 19.0 Å². The number of methoxy groups -OCH3 is 2. The van der Waals surface area contributed by atoms with Crippen LogP contribution in [0.2, 0.25) is 0 Å². The third kappa shape index (κ3) is 4.40. The summed E-state index contributed by atoms with van der Waals surface area (Å²) < 4.78 is 16.7. The first kappa shape index (κ1) is 19.8. The second-order valence-corrected chi connectivity index (χ2v) is 7.17. The maximum atomic E-state index is 12.7. The molecule has 0 bridgehead atoms. The van der Waals surface area contributed by atoms with Gasteiger partial charge in [-0.3, -0.25) is 4.98 Å². The maximum Gasteiger partial charge on any atom is 0.321 e. The van der Waals surface area contributed by atoms with Gasteiger partial charge >= 0.3 is 6.03 Å². The minimum atomic E-state index is -0.143. The molecule has 1 aromatic heterocycles. The second kappa shape index (κ2) is 8.90. The topological polar surface area (TPSA) is 72.9 Å². The molecule has 0 atom stereocenters. The monoisotopic (exact) mass is 407 g/mol. The van der Waals surface area contributed by atoms with Crippen LogP contribution in [0.15, 0.2) is 54.7 Å². The van der Waals surface area contributed by atoms with E-state index in [1.807, 2.05) is 30.3 Å². The number of carbonyl (C=O) groups is 1. The number of urea groups is 1. The van der Waals surface area contributed by atoms with Gasteiger partial charge in [0.2, 0.25) is 0 Å². The molecule has 1 fully saturated rings. The van der Waals surface area contributed by atoms with Crippen molar-refractivity contribution >= 4 is 22.6 Å². The lowest BCUT2D eigenvalue weighted by Crippen LogP contribution is -2.43. The van der Waals surface area contributed by atoms with Gasteiger partial charge in [0, 0.05) is 61.4 Å². The molecule has 1 saturated heterocycles. The number of nitrogens with one attached hydrogen (secondary N) is 1. The highest BCUT2D eigenvalue weighted by atomic mass is 16.5. The van der Waals surface area contributed by atoms with Crippen LogP contribution in [-0.4, -0.2) is 49.3 Å². The van der Waals surface area contributed by atoms with Crippen LogP contribution in [0.25, 0.3) is 10.9 Å². The van der Waals surface area contributed by atoms with E-state index in [1.165, 1.54) is 0 Å². The molecule has 3 aromatic rings. The summed E-state index contributed by atoms with van der Waals surface area (Å²) in [6.45, 7) is 1.24. The number of para-hydroxylation sites is 1. The van der Waals surface area contributed by atoms with Crippen LogP contribution in [0, 0.1) is 0 Å². The number of hydrogen-bond acceptors (Lipinski definition) is 5. The summed E-state index contributed by atoms with van der Waals surface area (Å²) in [6.07, 6.45) is 3.35. The molecular weight excluding hydrogens is 382 g/mol. The standard InChI is InChI=1S/C23H25N3O4/c1-28-19-13-17(14-20(15-19)29-2)25-23(27)26-11-8-18(9-12-26)30-21-7-3-5-16-6-4-10-24-22(16)21/h3-7,10,13-15,18H,8-9,11-12H2,1-2H3,(H,25,27). The Morgan fingerprint density at radius 3 is 2.43 bits per heavy atom. The SMILES string of the molecule is COc1cc(NC(=O)N2CCC(Oc3cccc4cccnc34)CC2)cc(OC)c1. The van der Waals surface area contributed by atoms with E-state index in [4.69, 9.17) is 14.2 Å². The summed E-state index contributed by atoms with van der Waals surface area (Å²) in [4.78, 5) is 18.9. The highest BCUT2D eigenvalue weighted by molar-refractivity contribution is 5.90. The number of pyridine rings is 1. The van der Waals surface area contributed by atoms with E-state index in [0.717, 1.165) is 29.5 Å². The number of nitrogens with zero attached hydrogens (tertiary/aromatic N) is 2. The Hall–Kier alpha value is -3.48. The molecule has 1 N–H and O–H groups in total. The van der Waals surface area contributed by atoms with Gasteiger partial charge in [-0.15, -0.1) is 0 Å². The van der Waals surface area contributed by atoms with E-state index in [1.54, 1.807) is 43.5 Å². The first-order valence-corrected chi connectivity index (χ1v) is 9.95. The summed E-state index contributed by atoms with van der Waals surface area (Å²) in [6, 6.07) is 15.0. The van der Waals surface area contributed by atoms with Crippen LogP contribution in [0.3, 0.4) is 0 Å². The molecular formula is C23H25N3O4. The van der Waals surface area contributed by atoms with Crippen molar-refractivity contribution in [3.8, 4) is 17.2 Å². The summed E-state index contributed by atoms with van der Waals surface area (Å²) >= 11 is 0. The van der Waals surface area contributed by atoms with Crippen molar-refractivity contribution in [2.45, 2.75) is 18.9 Å². The molecule has 0 aliphatic carbocycles. The van der Waals surface area contributed by atoms with Gasteiger partial charge in [-0.1, -0.05) is 18.2 Å². The fourth-order valence-corrected chi connectivity index (χ4v) is 3.61. The lowest BCUT2D eigenvalue weighted by molar-refractivity contribution is 0.116. The van der Waals surface area contributed by atoms with Crippen molar-refractivity contribution in [3.05, 3.63) is 54.7 Å². The van der Waals surface area contributed by atoms with Crippen LogP contribution >= 0.6 is 0 Å². The Labute approximate surface area is 175 Å². The average Bonchev–Trinajstić information content (AvgIpc) is 2.79. The van der Waals surface area contributed by atoms with Crippen LogP contribution in [0.5, 0.6) is 17.2 Å². The quantitative estimate of drug-likeness (QED) is 0.682. The zero-order chi connectivity index (χ0) is 20.9. The Morgan fingerprint density at radius 1 is 1.03 bits per heavy atom. The molecule has 1 aliphatic rings. The molecule has 2 aromatic carbocycles. The minimum Gasteiger partial charge on any atom is -0.497 e. The van der Waals surface area contributed by atoms with Crippen molar-refractivity contribution in [2.24, 2.45) is 0 Å². The number of fused-ring (bicyclic) bond motifs is 1. The van der Waals surface area contributed by atoms with Gasteiger partial charge in [0.1, 0.15) is 28.9 Å². The Kier molecular flexibility index (Phi) is 5.88. The molecule has 156 valence electrons. The fraction of sp³-hybridized carbons (Fsp3) is 0.304. The number of rotatable bonds is 5. The smallest absolute Gasteiger partial charge is 0.321 e. The van der Waals surface area contributed by atoms with E-state index in [-0.39, 0.29) is 12.1 Å². The molecule has 7 heteroatoms. The van der Waals surface area contributed by atoms with Gasteiger partial charge < -0.3 is 24.4 Å². The van der Waals surface area contributed by atoms with Gasteiger partial charge in [-0.05, 0) is 12.1 Å². The lowest BCUT2D eigenvalue weighted by atomic mass is 10.1. The number of ether oxygens (including phenoxy) is 3. The van der Waals surface area contributed by atoms with Crippen LogP contribution in [0.1, 0.15) is 12.8 Å². The molecule has 4 rings (SSSR count). The van der Waals surface area contributed by atoms with E-state index in [9.17, 15) is 4.79 Å². The van der Waals surface area contributed by atoms with Gasteiger partial charge in [-0.2, -0.15) is 0 Å². The summed E-state index contributed by atoms with van der Waals surface area (Å²) in [5, 5.41) is 3.98.